The van der Waals surface area contributed by atoms with Crippen molar-refractivity contribution in [3.05, 3.63) is 59.7 Å². The van der Waals surface area contributed by atoms with E-state index in [1.54, 1.807) is 37.3 Å². The molecule has 0 aliphatic rings. The molecular formula is C18H16N2O5S. The summed E-state index contributed by atoms with van der Waals surface area (Å²) in [6, 6.07) is 11.9. The largest absolute Gasteiger partial charge is 0.507 e. The minimum atomic E-state index is -4.68. The van der Waals surface area contributed by atoms with Crippen LogP contribution in [0.1, 0.15) is 15.9 Å². The summed E-state index contributed by atoms with van der Waals surface area (Å²) in [5.41, 5.74) is 7.13. The van der Waals surface area contributed by atoms with Gasteiger partial charge in [-0.3, -0.25) is 9.35 Å². The normalized spacial score (nSPS) is 11.5. The van der Waals surface area contributed by atoms with Crippen molar-refractivity contribution in [3.8, 4) is 5.75 Å². The van der Waals surface area contributed by atoms with Gasteiger partial charge in [-0.05, 0) is 30.7 Å². The van der Waals surface area contributed by atoms with Crippen LogP contribution in [0.3, 0.4) is 0 Å². The number of benzene rings is 3. The van der Waals surface area contributed by atoms with Crippen LogP contribution in [0.25, 0.3) is 10.8 Å². The van der Waals surface area contributed by atoms with Crippen molar-refractivity contribution in [1.29, 1.82) is 0 Å². The smallest absolute Gasteiger partial charge is 0.296 e. The first-order valence-corrected chi connectivity index (χ1v) is 9.02. The molecule has 0 aliphatic heterocycles. The number of rotatable bonds is 3. The Balaban J connectivity index is 2.18. The average molecular weight is 372 g/mol. The molecule has 0 bridgehead atoms. The number of phenols is 1. The molecule has 0 fully saturated rings. The van der Waals surface area contributed by atoms with Crippen LogP contribution in [0.15, 0.2) is 53.4 Å². The highest BCUT2D eigenvalue weighted by Gasteiger charge is 2.22. The molecule has 3 aromatic rings. The predicted octanol–water partition coefficient (Wildman–Crippen LogP) is 2.94. The highest BCUT2D eigenvalue weighted by Crippen LogP contribution is 2.37. The van der Waals surface area contributed by atoms with Crippen molar-refractivity contribution in [3.63, 3.8) is 0 Å². The Hall–Kier alpha value is -3.10. The maximum Gasteiger partial charge on any atom is 0.296 e. The zero-order valence-corrected chi connectivity index (χ0v) is 14.5. The van der Waals surface area contributed by atoms with Crippen LogP contribution in [0.5, 0.6) is 5.75 Å². The fourth-order valence-electron chi connectivity index (χ4n) is 2.67. The Morgan fingerprint density at radius 2 is 1.73 bits per heavy atom. The van der Waals surface area contributed by atoms with Crippen molar-refractivity contribution in [2.75, 3.05) is 11.1 Å². The molecule has 5 N–H and O–H groups in total. The molecule has 7 nitrogen and oxygen atoms in total. The van der Waals surface area contributed by atoms with Gasteiger partial charge in [-0.2, -0.15) is 8.42 Å². The second kappa shape index (κ2) is 6.32. The maximum absolute atomic E-state index is 12.6. The SMILES string of the molecule is Cc1cc(C(=O)Nc2c(S(=O)(=O)O)cc(O)c3ccccc23)ccc1N. The molecule has 0 radical (unpaired) electrons. The van der Waals surface area contributed by atoms with Gasteiger partial charge in [0.2, 0.25) is 0 Å². The van der Waals surface area contributed by atoms with Gasteiger partial charge in [-0.15, -0.1) is 0 Å². The molecule has 0 atom stereocenters. The van der Waals surface area contributed by atoms with Crippen LogP contribution < -0.4 is 11.1 Å². The quantitative estimate of drug-likeness (QED) is 0.318. The Morgan fingerprint density at radius 3 is 2.35 bits per heavy atom. The lowest BCUT2D eigenvalue weighted by Gasteiger charge is -2.14. The van der Waals surface area contributed by atoms with Crippen LogP contribution in [-0.4, -0.2) is 24.0 Å². The number of carbonyl (C=O) groups excluding carboxylic acids is 1. The summed E-state index contributed by atoms with van der Waals surface area (Å²) < 4.78 is 33.0. The van der Waals surface area contributed by atoms with Gasteiger partial charge in [0.1, 0.15) is 10.6 Å². The Labute approximate surface area is 149 Å². The van der Waals surface area contributed by atoms with E-state index in [0.717, 1.165) is 6.07 Å². The van der Waals surface area contributed by atoms with E-state index in [-0.39, 0.29) is 22.4 Å². The Bertz CT molecular complexity index is 1140. The van der Waals surface area contributed by atoms with E-state index in [1.165, 1.54) is 12.1 Å². The van der Waals surface area contributed by atoms with Crippen molar-refractivity contribution in [1.82, 2.24) is 0 Å². The fourth-order valence-corrected chi connectivity index (χ4v) is 3.35. The number of hydrogen-bond acceptors (Lipinski definition) is 5. The first-order valence-electron chi connectivity index (χ1n) is 7.58. The Morgan fingerprint density at radius 1 is 1.08 bits per heavy atom. The maximum atomic E-state index is 12.6. The number of phenolic OH excluding ortho intramolecular Hbond substituents is 1. The summed E-state index contributed by atoms with van der Waals surface area (Å²) in [6.07, 6.45) is 0. The molecule has 0 aliphatic carbocycles. The molecule has 3 aromatic carbocycles. The zero-order chi connectivity index (χ0) is 19.1. The lowest BCUT2D eigenvalue weighted by Crippen LogP contribution is -2.15. The van der Waals surface area contributed by atoms with E-state index in [4.69, 9.17) is 5.73 Å². The number of nitrogen functional groups attached to an aromatic ring is 1. The number of nitrogens with one attached hydrogen (secondary N) is 1. The summed E-state index contributed by atoms with van der Waals surface area (Å²) in [5.74, 6) is -0.900. The average Bonchev–Trinajstić information content (AvgIpc) is 2.58. The summed E-state index contributed by atoms with van der Waals surface area (Å²) in [4.78, 5) is 12.0. The second-order valence-corrected chi connectivity index (χ2v) is 7.20. The lowest BCUT2D eigenvalue weighted by molar-refractivity contribution is 0.102. The molecule has 8 heteroatoms. The minimum Gasteiger partial charge on any atom is -0.507 e. The molecule has 3 rings (SSSR count). The van der Waals surface area contributed by atoms with Gasteiger partial charge in [0, 0.05) is 28.1 Å². The first kappa shape index (κ1) is 17.7. The van der Waals surface area contributed by atoms with E-state index >= 15 is 0 Å². The third-order valence-corrected chi connectivity index (χ3v) is 4.91. The number of carbonyl (C=O) groups is 1. The Kier molecular flexibility index (Phi) is 4.31. The molecule has 0 heterocycles. The van der Waals surface area contributed by atoms with E-state index in [1.807, 2.05) is 0 Å². The molecule has 0 saturated heterocycles. The molecule has 0 saturated carbocycles. The van der Waals surface area contributed by atoms with Gasteiger partial charge >= 0.3 is 0 Å². The van der Waals surface area contributed by atoms with Crippen LogP contribution in [0.2, 0.25) is 0 Å². The van der Waals surface area contributed by atoms with Crippen molar-refractivity contribution in [2.45, 2.75) is 11.8 Å². The van der Waals surface area contributed by atoms with Crippen LogP contribution in [0, 0.1) is 6.92 Å². The number of fused-ring (bicyclic) bond motifs is 1. The highest BCUT2D eigenvalue weighted by atomic mass is 32.2. The monoisotopic (exact) mass is 372 g/mol. The van der Waals surface area contributed by atoms with Gasteiger partial charge in [-0.1, -0.05) is 24.3 Å². The van der Waals surface area contributed by atoms with Crippen LogP contribution in [0.4, 0.5) is 11.4 Å². The van der Waals surface area contributed by atoms with E-state index < -0.39 is 20.9 Å². The van der Waals surface area contributed by atoms with Gasteiger partial charge in [0.15, 0.2) is 0 Å². The van der Waals surface area contributed by atoms with Gasteiger partial charge in [0.25, 0.3) is 16.0 Å². The van der Waals surface area contributed by atoms with Gasteiger partial charge < -0.3 is 16.2 Å². The van der Waals surface area contributed by atoms with E-state index in [2.05, 4.69) is 5.32 Å². The predicted molar refractivity (Wildman–Crippen MR) is 99.0 cm³/mol. The fraction of sp³-hybridized carbons (Fsp3) is 0.0556. The van der Waals surface area contributed by atoms with Crippen molar-refractivity contribution in [2.24, 2.45) is 0 Å². The van der Waals surface area contributed by atoms with Crippen molar-refractivity contribution >= 4 is 38.2 Å². The number of hydrogen-bond donors (Lipinski definition) is 4. The summed E-state index contributed by atoms with van der Waals surface area (Å²) in [5, 5.41) is 13.2. The number of aromatic hydroxyl groups is 1. The topological polar surface area (TPSA) is 130 Å². The van der Waals surface area contributed by atoms with Crippen LogP contribution >= 0.6 is 0 Å². The molecule has 1 amide bonds. The van der Waals surface area contributed by atoms with E-state index in [9.17, 15) is 22.9 Å². The second-order valence-electron chi connectivity index (χ2n) is 5.81. The number of amides is 1. The molecule has 0 unspecified atom stereocenters. The summed E-state index contributed by atoms with van der Waals surface area (Å²) in [7, 11) is -4.68. The zero-order valence-electron chi connectivity index (χ0n) is 13.7. The number of anilines is 2. The molecule has 26 heavy (non-hydrogen) atoms. The minimum absolute atomic E-state index is 0.111. The highest BCUT2D eigenvalue weighted by molar-refractivity contribution is 7.86. The van der Waals surface area contributed by atoms with E-state index in [0.29, 0.717) is 16.6 Å². The molecular weight excluding hydrogens is 356 g/mol. The number of aryl methyl sites for hydroxylation is 1. The van der Waals surface area contributed by atoms with Crippen LogP contribution in [-0.2, 0) is 10.1 Å². The summed E-state index contributed by atoms with van der Waals surface area (Å²) in [6.45, 7) is 1.74. The third-order valence-electron chi connectivity index (χ3n) is 4.03. The standard InChI is InChI=1S/C18H16N2O5S/c1-10-8-11(6-7-14(10)19)18(22)20-17-13-5-3-2-4-12(13)15(21)9-16(17)26(23,24)25/h2-9,21H,19H2,1H3,(H,20,22)(H,23,24,25). The molecule has 0 aromatic heterocycles. The molecule has 0 spiro atoms. The first-order chi connectivity index (χ1) is 12.2. The third kappa shape index (κ3) is 3.19. The van der Waals surface area contributed by atoms with Crippen molar-refractivity contribution < 1.29 is 22.9 Å². The lowest BCUT2D eigenvalue weighted by atomic mass is 10.1. The van der Waals surface area contributed by atoms with Gasteiger partial charge in [0.05, 0.1) is 5.69 Å². The summed E-state index contributed by atoms with van der Waals surface area (Å²) >= 11 is 0. The molecule has 134 valence electrons. The van der Waals surface area contributed by atoms with Gasteiger partial charge in [-0.25, -0.2) is 0 Å². The number of nitrogens with two attached hydrogens (primary N) is 1.